The van der Waals surface area contributed by atoms with Crippen LogP contribution in [0.25, 0.3) is 0 Å². The van der Waals surface area contributed by atoms with Gasteiger partial charge in [-0.2, -0.15) is 5.10 Å². The molecule has 1 heterocycles. The Labute approximate surface area is 104 Å². The second kappa shape index (κ2) is 6.00. The molecule has 96 valence electrons. The fourth-order valence-corrected chi connectivity index (χ4v) is 1.74. The molecule has 1 aliphatic carbocycles. The van der Waals surface area contributed by atoms with Crippen molar-refractivity contribution in [3.8, 4) is 0 Å². The van der Waals surface area contributed by atoms with Crippen molar-refractivity contribution in [2.45, 2.75) is 32.2 Å². The van der Waals surface area contributed by atoms with Gasteiger partial charge in [0.05, 0.1) is 12.8 Å². The lowest BCUT2D eigenvalue weighted by atomic mass is 10.3. The molecule has 6 nitrogen and oxygen atoms in total. The van der Waals surface area contributed by atoms with E-state index >= 15 is 0 Å². The first-order valence-corrected chi connectivity index (χ1v) is 5.91. The minimum absolute atomic E-state index is 0.190. The first-order valence-electron chi connectivity index (χ1n) is 5.91. The van der Waals surface area contributed by atoms with Crippen LogP contribution in [0.2, 0.25) is 0 Å². The average molecular weight is 249 g/mol. The normalized spacial score (nSPS) is 14.3. The van der Waals surface area contributed by atoms with E-state index in [0.717, 1.165) is 31.4 Å². The van der Waals surface area contributed by atoms with Crippen LogP contribution in [0.3, 0.4) is 0 Å². The molecule has 1 aliphatic rings. The maximum atomic E-state index is 11.4. The molecule has 1 aromatic heterocycles. The SMILES string of the molecule is O=C(NCc1ccco1)C(=O)NN=C1CCCC1. The summed E-state index contributed by atoms with van der Waals surface area (Å²) < 4.78 is 5.03. The summed E-state index contributed by atoms with van der Waals surface area (Å²) in [5, 5.41) is 6.37. The Bertz CT molecular complexity index is 443. The molecule has 0 unspecified atom stereocenters. The summed E-state index contributed by atoms with van der Waals surface area (Å²) in [5.41, 5.74) is 3.21. The predicted octanol–water partition coefficient (Wildman–Crippen LogP) is 0.942. The lowest BCUT2D eigenvalue weighted by molar-refractivity contribution is -0.139. The number of amides is 2. The smallest absolute Gasteiger partial charge is 0.329 e. The van der Waals surface area contributed by atoms with Gasteiger partial charge in [-0.1, -0.05) is 0 Å². The first-order chi connectivity index (χ1) is 8.75. The molecule has 2 N–H and O–H groups in total. The summed E-state index contributed by atoms with van der Waals surface area (Å²) in [6.45, 7) is 0.190. The number of furan rings is 1. The quantitative estimate of drug-likeness (QED) is 0.617. The summed E-state index contributed by atoms with van der Waals surface area (Å²) in [7, 11) is 0. The van der Waals surface area contributed by atoms with Crippen LogP contribution in [-0.4, -0.2) is 17.5 Å². The fourth-order valence-electron chi connectivity index (χ4n) is 1.74. The van der Waals surface area contributed by atoms with Crippen molar-refractivity contribution in [1.82, 2.24) is 10.7 Å². The largest absolute Gasteiger partial charge is 0.467 e. The van der Waals surface area contributed by atoms with Gasteiger partial charge in [0, 0.05) is 5.71 Å². The van der Waals surface area contributed by atoms with Gasteiger partial charge in [0.25, 0.3) is 0 Å². The molecule has 1 saturated carbocycles. The fraction of sp³-hybridized carbons (Fsp3) is 0.417. The molecule has 0 spiro atoms. The lowest BCUT2D eigenvalue weighted by Crippen LogP contribution is -2.37. The summed E-state index contributed by atoms with van der Waals surface area (Å²) in [4.78, 5) is 22.8. The van der Waals surface area contributed by atoms with Gasteiger partial charge in [-0.3, -0.25) is 9.59 Å². The van der Waals surface area contributed by atoms with E-state index in [1.165, 1.54) is 6.26 Å². The van der Waals surface area contributed by atoms with Gasteiger partial charge in [0.15, 0.2) is 0 Å². The third-order valence-electron chi connectivity index (χ3n) is 2.71. The zero-order valence-electron chi connectivity index (χ0n) is 9.94. The Morgan fingerprint density at radius 1 is 1.28 bits per heavy atom. The van der Waals surface area contributed by atoms with Crippen molar-refractivity contribution >= 4 is 17.5 Å². The number of nitrogens with zero attached hydrogens (tertiary/aromatic N) is 1. The van der Waals surface area contributed by atoms with E-state index in [-0.39, 0.29) is 6.54 Å². The van der Waals surface area contributed by atoms with E-state index in [4.69, 9.17) is 4.42 Å². The standard InChI is InChI=1S/C12H15N3O3/c16-11(13-8-10-6-3-7-18-10)12(17)15-14-9-4-1-2-5-9/h3,6-7H,1-2,4-5,8H2,(H,13,16)(H,15,17). The molecule has 0 aliphatic heterocycles. The van der Waals surface area contributed by atoms with Crippen molar-refractivity contribution in [1.29, 1.82) is 0 Å². The molecule has 1 fully saturated rings. The molecule has 0 saturated heterocycles. The van der Waals surface area contributed by atoms with Crippen LogP contribution in [0.4, 0.5) is 0 Å². The van der Waals surface area contributed by atoms with E-state index in [1.807, 2.05) is 0 Å². The maximum Gasteiger partial charge on any atom is 0.329 e. The highest BCUT2D eigenvalue weighted by atomic mass is 16.3. The molecule has 2 rings (SSSR count). The van der Waals surface area contributed by atoms with Crippen LogP contribution >= 0.6 is 0 Å². The number of hydrogen-bond acceptors (Lipinski definition) is 4. The van der Waals surface area contributed by atoms with Crippen LogP contribution in [0, 0.1) is 0 Å². The van der Waals surface area contributed by atoms with Gasteiger partial charge in [0.1, 0.15) is 5.76 Å². The Hall–Kier alpha value is -2.11. The number of carbonyl (C=O) groups excluding carboxylic acids is 2. The number of hydrogen-bond donors (Lipinski definition) is 2. The van der Waals surface area contributed by atoms with Gasteiger partial charge >= 0.3 is 11.8 Å². The van der Waals surface area contributed by atoms with Crippen LogP contribution in [-0.2, 0) is 16.1 Å². The second-order valence-corrected chi connectivity index (χ2v) is 4.09. The van der Waals surface area contributed by atoms with E-state index in [2.05, 4.69) is 15.8 Å². The van der Waals surface area contributed by atoms with Crippen molar-refractivity contribution in [2.24, 2.45) is 5.10 Å². The zero-order valence-corrected chi connectivity index (χ0v) is 9.94. The highest BCUT2D eigenvalue weighted by Crippen LogP contribution is 2.13. The second-order valence-electron chi connectivity index (χ2n) is 4.09. The molecule has 1 aromatic rings. The van der Waals surface area contributed by atoms with Crippen molar-refractivity contribution in [3.05, 3.63) is 24.2 Å². The van der Waals surface area contributed by atoms with Gasteiger partial charge < -0.3 is 9.73 Å². The minimum Gasteiger partial charge on any atom is -0.467 e. The molecule has 0 radical (unpaired) electrons. The number of carbonyl (C=O) groups is 2. The van der Waals surface area contributed by atoms with Crippen molar-refractivity contribution in [2.75, 3.05) is 0 Å². The molecule has 0 bridgehead atoms. The summed E-state index contributed by atoms with van der Waals surface area (Å²) in [6.07, 6.45) is 5.50. The van der Waals surface area contributed by atoms with Crippen molar-refractivity contribution < 1.29 is 14.0 Å². The van der Waals surface area contributed by atoms with Gasteiger partial charge in [-0.15, -0.1) is 0 Å². The molecule has 0 atom stereocenters. The molecule has 6 heteroatoms. The van der Waals surface area contributed by atoms with Gasteiger partial charge in [0.2, 0.25) is 0 Å². The van der Waals surface area contributed by atoms with Crippen LogP contribution in [0.15, 0.2) is 27.9 Å². The number of hydrazone groups is 1. The Balaban J connectivity index is 1.74. The molecule has 2 amide bonds. The van der Waals surface area contributed by atoms with E-state index in [1.54, 1.807) is 12.1 Å². The molecule has 18 heavy (non-hydrogen) atoms. The van der Waals surface area contributed by atoms with Crippen LogP contribution in [0.5, 0.6) is 0 Å². The third-order valence-corrected chi connectivity index (χ3v) is 2.71. The van der Waals surface area contributed by atoms with Gasteiger partial charge in [-0.25, -0.2) is 5.43 Å². The lowest BCUT2D eigenvalue weighted by Gasteiger charge is -2.02. The Kier molecular flexibility index (Phi) is 4.11. The molecular weight excluding hydrogens is 234 g/mol. The zero-order chi connectivity index (χ0) is 12.8. The highest BCUT2D eigenvalue weighted by molar-refractivity contribution is 6.35. The average Bonchev–Trinajstić information content (AvgIpc) is 3.05. The predicted molar refractivity (Wildman–Crippen MR) is 64.6 cm³/mol. The Morgan fingerprint density at radius 3 is 2.72 bits per heavy atom. The summed E-state index contributed by atoms with van der Waals surface area (Å²) in [6, 6.07) is 3.44. The summed E-state index contributed by atoms with van der Waals surface area (Å²) in [5.74, 6) is -0.868. The molecular formula is C12H15N3O3. The highest BCUT2D eigenvalue weighted by Gasteiger charge is 2.14. The Morgan fingerprint density at radius 2 is 2.06 bits per heavy atom. The minimum atomic E-state index is -0.749. The molecule has 0 aromatic carbocycles. The third kappa shape index (κ3) is 3.44. The van der Waals surface area contributed by atoms with Crippen LogP contribution in [0.1, 0.15) is 31.4 Å². The van der Waals surface area contributed by atoms with Crippen molar-refractivity contribution in [3.63, 3.8) is 0 Å². The van der Waals surface area contributed by atoms with E-state index < -0.39 is 11.8 Å². The first kappa shape index (κ1) is 12.3. The van der Waals surface area contributed by atoms with E-state index in [0.29, 0.717) is 5.76 Å². The monoisotopic (exact) mass is 249 g/mol. The summed E-state index contributed by atoms with van der Waals surface area (Å²) >= 11 is 0. The van der Waals surface area contributed by atoms with Gasteiger partial charge in [-0.05, 0) is 37.8 Å². The van der Waals surface area contributed by atoms with Crippen LogP contribution < -0.4 is 10.7 Å². The van der Waals surface area contributed by atoms with E-state index in [9.17, 15) is 9.59 Å². The maximum absolute atomic E-state index is 11.4. The topological polar surface area (TPSA) is 83.7 Å². The number of nitrogens with one attached hydrogen (secondary N) is 2. The number of rotatable bonds is 3.